The van der Waals surface area contributed by atoms with Gasteiger partial charge in [-0.1, -0.05) is 15.9 Å². The summed E-state index contributed by atoms with van der Waals surface area (Å²) in [5.41, 5.74) is -0.0444. The van der Waals surface area contributed by atoms with E-state index in [9.17, 15) is 9.18 Å². The first-order chi connectivity index (χ1) is 9.32. The number of amides is 1. The largest absolute Gasteiger partial charge is 0.368 e. The number of hydrogen-bond acceptors (Lipinski definition) is 2. The molecule has 0 radical (unpaired) electrons. The molecule has 1 aliphatic heterocycles. The van der Waals surface area contributed by atoms with E-state index < -0.39 is 11.4 Å². The molecule has 0 N–H and O–H groups in total. The Hall–Kier alpha value is -0.460. The Morgan fingerprint density at radius 1 is 1.55 bits per heavy atom. The number of rotatable bonds is 2. The Bertz CT molecular complexity index is 522. The molecule has 1 aliphatic rings. The molecule has 2 rings (SSSR count). The quantitative estimate of drug-likeness (QED) is 0.699. The van der Waals surface area contributed by atoms with Crippen LogP contribution in [0.15, 0.2) is 22.7 Å². The normalized spacial score (nSPS) is 21.9. The smallest absolute Gasteiger partial charge is 0.254 e. The van der Waals surface area contributed by atoms with Crippen molar-refractivity contribution in [3.63, 3.8) is 0 Å². The first kappa shape index (κ1) is 15.9. The molecule has 3 nitrogen and oxygen atoms in total. The van der Waals surface area contributed by atoms with E-state index in [4.69, 9.17) is 4.74 Å². The summed E-state index contributed by atoms with van der Waals surface area (Å²) in [7, 11) is 0. The number of carbonyl (C=O) groups excluding carboxylic acids is 1. The van der Waals surface area contributed by atoms with Crippen LogP contribution in [0.1, 0.15) is 24.2 Å². The highest BCUT2D eigenvalue weighted by Gasteiger charge is 2.35. The maximum absolute atomic E-state index is 13.6. The zero-order valence-corrected chi connectivity index (χ0v) is 14.5. The van der Waals surface area contributed by atoms with Crippen molar-refractivity contribution in [2.24, 2.45) is 0 Å². The lowest BCUT2D eigenvalue weighted by molar-refractivity contribution is -0.116. The minimum absolute atomic E-state index is 0.0528. The van der Waals surface area contributed by atoms with Gasteiger partial charge in [0.05, 0.1) is 16.2 Å². The fraction of sp³-hybridized carbons (Fsp3) is 0.500. The van der Waals surface area contributed by atoms with Gasteiger partial charge in [-0.3, -0.25) is 4.79 Å². The van der Waals surface area contributed by atoms with Crippen LogP contribution < -0.4 is 0 Å². The van der Waals surface area contributed by atoms with Crippen LogP contribution >= 0.6 is 31.9 Å². The van der Waals surface area contributed by atoms with Crippen molar-refractivity contribution in [3.8, 4) is 0 Å². The van der Waals surface area contributed by atoms with Gasteiger partial charge < -0.3 is 9.64 Å². The molecule has 1 saturated heterocycles. The molecule has 0 spiro atoms. The maximum Gasteiger partial charge on any atom is 0.254 e. The second-order valence-electron chi connectivity index (χ2n) is 5.47. The van der Waals surface area contributed by atoms with Gasteiger partial charge in [-0.25, -0.2) is 4.39 Å². The van der Waals surface area contributed by atoms with Gasteiger partial charge in [0, 0.05) is 24.0 Å². The Kier molecular flexibility index (Phi) is 4.87. The molecule has 1 amide bonds. The molecule has 20 heavy (non-hydrogen) atoms. The Balaban J connectivity index is 2.21. The fourth-order valence-corrected chi connectivity index (χ4v) is 2.93. The zero-order valence-electron chi connectivity index (χ0n) is 11.3. The van der Waals surface area contributed by atoms with Gasteiger partial charge in [0.1, 0.15) is 5.82 Å². The number of ether oxygens (including phenoxy) is 1. The lowest BCUT2D eigenvalue weighted by Gasteiger charge is -2.42. The molecule has 1 atom stereocenters. The minimum atomic E-state index is -0.430. The Morgan fingerprint density at radius 2 is 2.25 bits per heavy atom. The minimum Gasteiger partial charge on any atom is -0.368 e. The van der Waals surface area contributed by atoms with Crippen molar-refractivity contribution in [1.82, 2.24) is 4.90 Å². The molecule has 6 heteroatoms. The molecule has 110 valence electrons. The SMILES string of the molecule is CC1(C)CN(C(=O)c2ccc(Br)c(F)c2)CC(CBr)O1. The van der Waals surface area contributed by atoms with Crippen molar-refractivity contribution in [2.75, 3.05) is 18.4 Å². The standard InChI is InChI=1S/C14H16Br2FNO2/c1-14(2)8-18(7-10(6-15)20-14)13(19)9-3-4-11(16)12(17)5-9/h3-5,10H,6-8H2,1-2H3. The van der Waals surface area contributed by atoms with Crippen LogP contribution in [0.2, 0.25) is 0 Å². The number of alkyl halides is 1. The van der Waals surface area contributed by atoms with E-state index in [0.29, 0.717) is 28.5 Å². The monoisotopic (exact) mass is 407 g/mol. The summed E-state index contributed by atoms with van der Waals surface area (Å²) in [6.45, 7) is 4.90. The van der Waals surface area contributed by atoms with Crippen LogP contribution in [0.4, 0.5) is 4.39 Å². The number of nitrogens with zero attached hydrogens (tertiary/aromatic N) is 1. The van der Waals surface area contributed by atoms with Gasteiger partial charge in [-0.2, -0.15) is 0 Å². The van der Waals surface area contributed by atoms with Gasteiger partial charge in [0.25, 0.3) is 5.91 Å². The van der Waals surface area contributed by atoms with Crippen molar-refractivity contribution in [1.29, 1.82) is 0 Å². The van der Waals surface area contributed by atoms with E-state index in [1.165, 1.54) is 6.07 Å². The van der Waals surface area contributed by atoms with Gasteiger partial charge >= 0.3 is 0 Å². The molecule has 0 aromatic heterocycles. The molecular formula is C14H16Br2FNO2. The van der Waals surface area contributed by atoms with Crippen LogP contribution in [-0.2, 0) is 4.74 Å². The Labute approximate surface area is 134 Å². The third-order valence-electron chi connectivity index (χ3n) is 3.11. The molecular weight excluding hydrogens is 393 g/mol. The number of halogens is 3. The second-order valence-corrected chi connectivity index (χ2v) is 6.97. The second kappa shape index (κ2) is 6.12. The first-order valence-electron chi connectivity index (χ1n) is 6.30. The van der Waals surface area contributed by atoms with Gasteiger partial charge in [0.2, 0.25) is 0 Å². The van der Waals surface area contributed by atoms with E-state index in [1.54, 1.807) is 17.0 Å². The average molecular weight is 409 g/mol. The Morgan fingerprint density at radius 3 is 2.85 bits per heavy atom. The van der Waals surface area contributed by atoms with Crippen LogP contribution in [0, 0.1) is 5.82 Å². The average Bonchev–Trinajstić information content (AvgIpc) is 2.39. The molecule has 1 heterocycles. The highest BCUT2D eigenvalue weighted by molar-refractivity contribution is 9.10. The summed E-state index contributed by atoms with van der Waals surface area (Å²) in [6.07, 6.45) is -0.0528. The van der Waals surface area contributed by atoms with Gasteiger partial charge in [0.15, 0.2) is 0 Å². The van der Waals surface area contributed by atoms with Crippen LogP contribution in [0.25, 0.3) is 0 Å². The van der Waals surface area contributed by atoms with Crippen molar-refractivity contribution in [2.45, 2.75) is 25.6 Å². The molecule has 1 fully saturated rings. The van der Waals surface area contributed by atoms with Crippen molar-refractivity contribution in [3.05, 3.63) is 34.1 Å². The maximum atomic E-state index is 13.6. The summed E-state index contributed by atoms with van der Waals surface area (Å²) in [5, 5.41) is 0.662. The molecule has 1 aromatic rings. The number of morpholine rings is 1. The lowest BCUT2D eigenvalue weighted by atomic mass is 10.0. The topological polar surface area (TPSA) is 29.5 Å². The van der Waals surface area contributed by atoms with E-state index in [2.05, 4.69) is 31.9 Å². The number of carbonyl (C=O) groups is 1. The highest BCUT2D eigenvalue weighted by Crippen LogP contribution is 2.24. The third kappa shape index (κ3) is 3.59. The molecule has 0 bridgehead atoms. The predicted octanol–water partition coefficient (Wildman–Crippen LogP) is 3.60. The first-order valence-corrected chi connectivity index (χ1v) is 8.22. The number of benzene rings is 1. The van der Waals surface area contributed by atoms with E-state index in [-0.39, 0.29) is 12.0 Å². The zero-order chi connectivity index (χ0) is 14.9. The summed E-state index contributed by atoms with van der Waals surface area (Å²) in [5.74, 6) is -0.598. The third-order valence-corrected chi connectivity index (χ3v) is 4.47. The number of hydrogen-bond donors (Lipinski definition) is 0. The van der Waals surface area contributed by atoms with Crippen LogP contribution in [0.3, 0.4) is 0 Å². The predicted molar refractivity (Wildman–Crippen MR) is 82.7 cm³/mol. The van der Waals surface area contributed by atoms with Crippen molar-refractivity contribution >= 4 is 37.8 Å². The molecule has 1 aromatic carbocycles. The molecule has 0 aliphatic carbocycles. The van der Waals surface area contributed by atoms with Crippen LogP contribution in [-0.4, -0.2) is 40.9 Å². The van der Waals surface area contributed by atoms with E-state index in [0.717, 1.165) is 0 Å². The van der Waals surface area contributed by atoms with Crippen molar-refractivity contribution < 1.29 is 13.9 Å². The summed E-state index contributed by atoms with van der Waals surface area (Å²) < 4.78 is 19.8. The van der Waals surface area contributed by atoms with Gasteiger partial charge in [-0.15, -0.1) is 0 Å². The van der Waals surface area contributed by atoms with Crippen LogP contribution in [0.5, 0.6) is 0 Å². The van der Waals surface area contributed by atoms with Gasteiger partial charge in [-0.05, 0) is 48.0 Å². The summed E-state index contributed by atoms with van der Waals surface area (Å²) >= 11 is 6.47. The summed E-state index contributed by atoms with van der Waals surface area (Å²) in [4.78, 5) is 14.2. The summed E-state index contributed by atoms with van der Waals surface area (Å²) in [6, 6.07) is 4.44. The van der Waals surface area contributed by atoms with E-state index >= 15 is 0 Å². The lowest BCUT2D eigenvalue weighted by Crippen LogP contribution is -2.55. The fourth-order valence-electron chi connectivity index (χ4n) is 2.34. The molecule has 1 unspecified atom stereocenters. The highest BCUT2D eigenvalue weighted by atomic mass is 79.9. The molecule has 0 saturated carbocycles. The van der Waals surface area contributed by atoms with E-state index in [1.807, 2.05) is 13.8 Å².